The van der Waals surface area contributed by atoms with Gasteiger partial charge in [0, 0.05) is 11.5 Å². The minimum absolute atomic E-state index is 0.127. The lowest BCUT2D eigenvalue weighted by Gasteiger charge is -2.27. The largest absolute Gasteiger partial charge is 0.443 e. The minimum atomic E-state index is -0.481. The Bertz CT molecular complexity index is 457. The smallest absolute Gasteiger partial charge is 0.422 e. The van der Waals surface area contributed by atoms with Crippen molar-refractivity contribution in [3.63, 3.8) is 0 Å². The molecule has 1 aliphatic heterocycles. The molecule has 0 aromatic heterocycles. The van der Waals surface area contributed by atoms with Gasteiger partial charge in [0.1, 0.15) is 5.60 Å². The average Bonchev–Trinajstić information content (AvgIpc) is 2.34. The van der Waals surface area contributed by atoms with Crippen LogP contribution < -0.4 is 10.9 Å². The number of thioether (sulfide) groups is 1. The molecule has 5 heteroatoms. The third kappa shape index (κ3) is 4.14. The van der Waals surface area contributed by atoms with Crippen LogP contribution >= 0.6 is 11.8 Å². The molecule has 1 amide bonds. The number of rotatable bonds is 2. The summed E-state index contributed by atoms with van der Waals surface area (Å²) in [5.41, 5.74) is 7.77. The van der Waals surface area contributed by atoms with Crippen LogP contribution in [0.5, 0.6) is 0 Å². The van der Waals surface area contributed by atoms with Gasteiger partial charge in [0.2, 0.25) is 0 Å². The second-order valence-corrected chi connectivity index (χ2v) is 6.57. The molecule has 0 aliphatic carbocycles. The first-order valence-electron chi connectivity index (χ1n) is 6.36. The zero-order chi connectivity index (χ0) is 13.9. The van der Waals surface area contributed by atoms with E-state index in [1.54, 1.807) is 0 Å². The van der Waals surface area contributed by atoms with E-state index in [-0.39, 0.29) is 6.04 Å². The Morgan fingerprint density at radius 3 is 2.84 bits per heavy atom. The van der Waals surface area contributed by atoms with Gasteiger partial charge in [-0.15, -0.1) is 0 Å². The maximum atomic E-state index is 11.6. The predicted molar refractivity (Wildman–Crippen MR) is 77.9 cm³/mol. The highest BCUT2D eigenvalue weighted by molar-refractivity contribution is 7.98. The molecule has 1 aromatic carbocycles. The Balaban J connectivity index is 1.93. The Labute approximate surface area is 118 Å². The molecule has 0 spiro atoms. The highest BCUT2D eigenvalue weighted by Gasteiger charge is 2.21. The molecule has 104 valence electrons. The van der Waals surface area contributed by atoms with Crippen LogP contribution in [0, 0.1) is 0 Å². The van der Waals surface area contributed by atoms with Gasteiger partial charge in [-0.3, -0.25) is 5.43 Å². The zero-order valence-corrected chi connectivity index (χ0v) is 12.3. The normalized spacial score (nSPS) is 18.6. The van der Waals surface area contributed by atoms with Gasteiger partial charge in [0.25, 0.3) is 0 Å². The van der Waals surface area contributed by atoms with Crippen LogP contribution in [0.1, 0.15) is 37.9 Å². The van der Waals surface area contributed by atoms with Gasteiger partial charge in [0.15, 0.2) is 0 Å². The van der Waals surface area contributed by atoms with Crippen LogP contribution in [-0.4, -0.2) is 17.4 Å². The third-order valence-corrected chi connectivity index (χ3v) is 3.80. The highest BCUT2D eigenvalue weighted by Crippen LogP contribution is 2.30. The van der Waals surface area contributed by atoms with E-state index in [9.17, 15) is 4.79 Å². The van der Waals surface area contributed by atoms with Crippen LogP contribution in [-0.2, 0) is 10.5 Å². The number of ether oxygens (including phenoxy) is 1. The Morgan fingerprint density at radius 1 is 1.37 bits per heavy atom. The summed E-state index contributed by atoms with van der Waals surface area (Å²) in [6, 6.07) is 8.43. The summed E-state index contributed by atoms with van der Waals surface area (Å²) in [4.78, 5) is 11.6. The van der Waals surface area contributed by atoms with Gasteiger partial charge in [-0.1, -0.05) is 24.3 Å². The molecule has 0 saturated carbocycles. The van der Waals surface area contributed by atoms with E-state index in [2.05, 4.69) is 23.0 Å². The van der Waals surface area contributed by atoms with Gasteiger partial charge in [0.05, 0.1) is 6.04 Å². The first-order chi connectivity index (χ1) is 8.96. The van der Waals surface area contributed by atoms with Gasteiger partial charge >= 0.3 is 6.09 Å². The quantitative estimate of drug-likeness (QED) is 0.818. The number of benzene rings is 1. The van der Waals surface area contributed by atoms with Crippen molar-refractivity contribution < 1.29 is 9.53 Å². The van der Waals surface area contributed by atoms with Gasteiger partial charge < -0.3 is 4.74 Å². The van der Waals surface area contributed by atoms with E-state index in [1.165, 1.54) is 11.1 Å². The van der Waals surface area contributed by atoms with Crippen LogP contribution in [0.25, 0.3) is 0 Å². The van der Waals surface area contributed by atoms with Crippen LogP contribution in [0.15, 0.2) is 24.3 Å². The topological polar surface area (TPSA) is 50.4 Å². The van der Waals surface area contributed by atoms with E-state index in [0.29, 0.717) is 0 Å². The van der Waals surface area contributed by atoms with Crippen molar-refractivity contribution in [1.29, 1.82) is 0 Å². The molecule has 1 heterocycles. The number of hydrazine groups is 1. The second kappa shape index (κ2) is 5.84. The number of amides is 1. The fourth-order valence-corrected chi connectivity index (χ4v) is 3.05. The molecule has 4 nitrogen and oxygen atoms in total. The summed E-state index contributed by atoms with van der Waals surface area (Å²) in [5.74, 6) is 1.97. The van der Waals surface area contributed by atoms with E-state index in [0.717, 1.165) is 11.5 Å². The first kappa shape index (κ1) is 14.2. The molecular formula is C14H20N2O2S. The average molecular weight is 280 g/mol. The molecule has 0 saturated heterocycles. The van der Waals surface area contributed by atoms with Crippen molar-refractivity contribution in [3.05, 3.63) is 35.4 Å². The molecule has 1 aromatic rings. The molecule has 1 atom stereocenters. The van der Waals surface area contributed by atoms with E-state index < -0.39 is 11.7 Å². The number of fused-ring (bicyclic) bond motifs is 1. The molecule has 1 aliphatic rings. The van der Waals surface area contributed by atoms with Crippen molar-refractivity contribution in [2.45, 2.75) is 38.2 Å². The third-order valence-electron chi connectivity index (χ3n) is 2.72. The van der Waals surface area contributed by atoms with Crippen molar-refractivity contribution in [3.8, 4) is 0 Å². The molecule has 0 fully saturated rings. The number of hydrogen-bond acceptors (Lipinski definition) is 4. The fraction of sp³-hybridized carbons (Fsp3) is 0.500. The molecule has 1 unspecified atom stereocenters. The monoisotopic (exact) mass is 280 g/mol. The first-order valence-corrected chi connectivity index (χ1v) is 7.51. The lowest BCUT2D eigenvalue weighted by atomic mass is 10.0. The SMILES string of the molecule is CC(C)(C)OC(=O)NNC1CSCc2ccccc21. The Kier molecular flexibility index (Phi) is 4.37. The van der Waals surface area contributed by atoms with Crippen LogP contribution in [0.4, 0.5) is 4.79 Å². The molecule has 2 N–H and O–H groups in total. The van der Waals surface area contributed by atoms with Gasteiger partial charge in [-0.2, -0.15) is 11.8 Å². The summed E-state index contributed by atoms with van der Waals surface area (Å²) in [6.07, 6.45) is -0.444. The van der Waals surface area contributed by atoms with E-state index in [4.69, 9.17) is 4.74 Å². The van der Waals surface area contributed by atoms with Crippen molar-refractivity contribution in [2.24, 2.45) is 0 Å². The summed E-state index contributed by atoms with van der Waals surface area (Å²) >= 11 is 1.86. The lowest BCUT2D eigenvalue weighted by molar-refractivity contribution is 0.0490. The van der Waals surface area contributed by atoms with Crippen LogP contribution in [0.2, 0.25) is 0 Å². The zero-order valence-electron chi connectivity index (χ0n) is 11.5. The standard InChI is InChI=1S/C14H20N2O2S/c1-14(2,3)18-13(17)16-15-12-9-19-8-10-6-4-5-7-11(10)12/h4-7,12,15H,8-9H2,1-3H3,(H,16,17). The minimum Gasteiger partial charge on any atom is -0.443 e. The maximum absolute atomic E-state index is 11.6. The van der Waals surface area contributed by atoms with Crippen molar-refractivity contribution in [1.82, 2.24) is 10.9 Å². The molecule has 19 heavy (non-hydrogen) atoms. The number of hydrogen-bond donors (Lipinski definition) is 2. The maximum Gasteiger partial charge on any atom is 0.422 e. The highest BCUT2D eigenvalue weighted by atomic mass is 32.2. The Morgan fingerprint density at radius 2 is 2.11 bits per heavy atom. The van der Waals surface area contributed by atoms with E-state index >= 15 is 0 Å². The molecule has 0 radical (unpaired) electrons. The van der Waals surface area contributed by atoms with Crippen molar-refractivity contribution >= 4 is 17.9 Å². The lowest BCUT2D eigenvalue weighted by Crippen LogP contribution is -2.44. The molecular weight excluding hydrogens is 260 g/mol. The fourth-order valence-electron chi connectivity index (χ4n) is 1.95. The summed E-state index contributed by atoms with van der Waals surface area (Å²) < 4.78 is 5.20. The van der Waals surface area contributed by atoms with Crippen LogP contribution in [0.3, 0.4) is 0 Å². The second-order valence-electron chi connectivity index (χ2n) is 5.54. The predicted octanol–water partition coefficient (Wildman–Crippen LogP) is 3.00. The molecule has 2 rings (SSSR count). The molecule has 0 bridgehead atoms. The summed E-state index contributed by atoms with van der Waals surface area (Å²) in [5, 5.41) is 0. The van der Waals surface area contributed by atoms with Crippen molar-refractivity contribution in [2.75, 3.05) is 5.75 Å². The van der Waals surface area contributed by atoms with Gasteiger partial charge in [-0.25, -0.2) is 10.2 Å². The number of carbonyl (C=O) groups is 1. The number of carbonyl (C=O) groups excluding carboxylic acids is 1. The summed E-state index contributed by atoms with van der Waals surface area (Å²) in [6.45, 7) is 5.54. The summed E-state index contributed by atoms with van der Waals surface area (Å²) in [7, 11) is 0. The Hall–Kier alpha value is -1.20. The van der Waals surface area contributed by atoms with E-state index in [1.807, 2.05) is 44.7 Å². The van der Waals surface area contributed by atoms with Gasteiger partial charge in [-0.05, 0) is 31.9 Å². The number of nitrogens with one attached hydrogen (secondary N) is 2.